The van der Waals surface area contributed by atoms with Crippen molar-refractivity contribution in [2.24, 2.45) is 5.92 Å². The molecule has 0 spiro atoms. The van der Waals surface area contributed by atoms with Gasteiger partial charge in [0.1, 0.15) is 11.4 Å². The first-order valence-electron chi connectivity index (χ1n) is 7.61. The number of carboxylic acids is 1. The van der Waals surface area contributed by atoms with Crippen LogP contribution >= 0.6 is 0 Å². The number of rotatable bonds is 4. The zero-order valence-corrected chi connectivity index (χ0v) is 12.6. The molecule has 0 aliphatic heterocycles. The average molecular weight is 276 g/mol. The van der Waals surface area contributed by atoms with Crippen LogP contribution in [0, 0.1) is 19.8 Å². The summed E-state index contributed by atoms with van der Waals surface area (Å²) in [5, 5.41) is 9.16. The van der Waals surface area contributed by atoms with E-state index in [2.05, 4.69) is 16.9 Å². The van der Waals surface area contributed by atoms with Crippen LogP contribution in [0.4, 0.5) is 0 Å². The number of aromatic nitrogens is 2. The molecule has 0 unspecified atom stereocenters. The molecule has 4 nitrogen and oxygen atoms in total. The lowest BCUT2D eigenvalue weighted by Crippen LogP contribution is -2.18. The molecule has 110 valence electrons. The van der Waals surface area contributed by atoms with Crippen LogP contribution in [0.25, 0.3) is 0 Å². The van der Waals surface area contributed by atoms with Gasteiger partial charge >= 0.3 is 5.97 Å². The normalized spacial score (nSPS) is 22.8. The van der Waals surface area contributed by atoms with Gasteiger partial charge in [0.05, 0.1) is 11.4 Å². The molecular formula is C16H24N2O2. The van der Waals surface area contributed by atoms with Gasteiger partial charge in [-0.25, -0.2) is 14.8 Å². The van der Waals surface area contributed by atoms with Gasteiger partial charge in [-0.3, -0.25) is 0 Å². The lowest BCUT2D eigenvalue weighted by molar-refractivity contribution is 0.0694. The minimum atomic E-state index is -0.932. The monoisotopic (exact) mass is 276 g/mol. The van der Waals surface area contributed by atoms with Gasteiger partial charge in [-0.1, -0.05) is 19.8 Å². The second-order valence-electron chi connectivity index (χ2n) is 5.94. The SMILES string of the molecule is CCCC1CCC(c2nc(C)c(C(=O)O)c(C)n2)CC1. The molecule has 20 heavy (non-hydrogen) atoms. The topological polar surface area (TPSA) is 63.1 Å². The maximum absolute atomic E-state index is 11.2. The van der Waals surface area contributed by atoms with Crippen molar-refractivity contribution in [2.45, 2.75) is 65.2 Å². The second kappa shape index (κ2) is 6.33. The van der Waals surface area contributed by atoms with Gasteiger partial charge in [0.2, 0.25) is 0 Å². The third kappa shape index (κ3) is 3.17. The minimum absolute atomic E-state index is 0.258. The van der Waals surface area contributed by atoms with Crippen LogP contribution in [0.3, 0.4) is 0 Å². The summed E-state index contributed by atoms with van der Waals surface area (Å²) in [6.45, 7) is 5.78. The number of nitrogens with zero attached hydrogens (tertiary/aromatic N) is 2. The molecule has 1 aliphatic rings. The molecule has 1 aliphatic carbocycles. The lowest BCUT2D eigenvalue weighted by atomic mass is 9.79. The molecule has 0 radical (unpaired) electrons. The molecule has 1 saturated carbocycles. The average Bonchev–Trinajstić information content (AvgIpc) is 2.38. The molecule has 0 aromatic carbocycles. The van der Waals surface area contributed by atoms with Crippen molar-refractivity contribution in [3.63, 3.8) is 0 Å². The molecular weight excluding hydrogens is 252 g/mol. The molecule has 2 rings (SSSR count). The molecule has 1 heterocycles. The van der Waals surface area contributed by atoms with Gasteiger partial charge in [0.15, 0.2) is 0 Å². The van der Waals surface area contributed by atoms with E-state index in [0.29, 0.717) is 17.3 Å². The highest BCUT2D eigenvalue weighted by molar-refractivity contribution is 5.89. The van der Waals surface area contributed by atoms with E-state index in [0.717, 1.165) is 24.6 Å². The lowest BCUT2D eigenvalue weighted by Gasteiger charge is -2.27. The predicted molar refractivity (Wildman–Crippen MR) is 78.1 cm³/mol. The van der Waals surface area contributed by atoms with Crippen LogP contribution in [0.1, 0.15) is 78.9 Å². The second-order valence-corrected chi connectivity index (χ2v) is 5.94. The minimum Gasteiger partial charge on any atom is -0.478 e. The van der Waals surface area contributed by atoms with E-state index < -0.39 is 5.97 Å². The molecule has 1 aromatic heterocycles. The summed E-state index contributed by atoms with van der Waals surface area (Å²) in [6, 6.07) is 0. The fourth-order valence-electron chi connectivity index (χ4n) is 3.35. The van der Waals surface area contributed by atoms with Crippen molar-refractivity contribution < 1.29 is 9.90 Å². The molecule has 1 N–H and O–H groups in total. The summed E-state index contributed by atoms with van der Waals surface area (Å²) in [4.78, 5) is 20.1. The Bertz CT molecular complexity index is 468. The molecule has 4 heteroatoms. The Labute approximate surface area is 120 Å². The Morgan fingerprint density at radius 1 is 1.15 bits per heavy atom. The highest BCUT2D eigenvalue weighted by Gasteiger charge is 2.25. The Morgan fingerprint density at radius 2 is 1.70 bits per heavy atom. The van der Waals surface area contributed by atoms with Gasteiger partial charge < -0.3 is 5.11 Å². The van der Waals surface area contributed by atoms with Crippen LogP contribution in [0.15, 0.2) is 0 Å². The fourth-order valence-corrected chi connectivity index (χ4v) is 3.35. The standard InChI is InChI=1S/C16H24N2O2/c1-4-5-12-6-8-13(9-7-12)15-17-10(2)14(16(19)20)11(3)18-15/h12-13H,4-9H2,1-3H3,(H,19,20). The van der Waals surface area contributed by atoms with Crippen molar-refractivity contribution in [3.8, 4) is 0 Å². The summed E-state index contributed by atoms with van der Waals surface area (Å²) in [7, 11) is 0. The Kier molecular flexibility index (Phi) is 4.73. The largest absolute Gasteiger partial charge is 0.478 e. The zero-order valence-electron chi connectivity index (χ0n) is 12.6. The molecule has 1 fully saturated rings. The summed E-state index contributed by atoms with van der Waals surface area (Å²) in [5.41, 5.74) is 1.44. The number of carbonyl (C=O) groups is 1. The number of aryl methyl sites for hydroxylation is 2. The maximum Gasteiger partial charge on any atom is 0.339 e. The van der Waals surface area contributed by atoms with E-state index in [1.54, 1.807) is 13.8 Å². The van der Waals surface area contributed by atoms with Gasteiger partial charge in [-0.2, -0.15) is 0 Å². The molecule has 1 aromatic rings. The maximum atomic E-state index is 11.2. The van der Waals surface area contributed by atoms with E-state index in [1.165, 1.54) is 25.7 Å². The van der Waals surface area contributed by atoms with Crippen molar-refractivity contribution in [1.29, 1.82) is 0 Å². The third-order valence-electron chi connectivity index (χ3n) is 4.41. The molecule has 0 amide bonds. The molecule has 0 atom stereocenters. The first-order valence-corrected chi connectivity index (χ1v) is 7.61. The first kappa shape index (κ1) is 14.9. The van der Waals surface area contributed by atoms with E-state index >= 15 is 0 Å². The van der Waals surface area contributed by atoms with E-state index in [9.17, 15) is 4.79 Å². The van der Waals surface area contributed by atoms with Crippen molar-refractivity contribution in [3.05, 3.63) is 22.8 Å². The third-order valence-corrected chi connectivity index (χ3v) is 4.41. The number of hydrogen-bond donors (Lipinski definition) is 1. The Balaban J connectivity index is 2.13. The Hall–Kier alpha value is -1.45. The number of carboxylic acid groups (broad SMARTS) is 1. The van der Waals surface area contributed by atoms with Gasteiger partial charge in [-0.05, 0) is 45.4 Å². The highest BCUT2D eigenvalue weighted by atomic mass is 16.4. The summed E-state index contributed by atoms with van der Waals surface area (Å²) < 4.78 is 0. The van der Waals surface area contributed by atoms with Crippen LogP contribution in [0.5, 0.6) is 0 Å². The van der Waals surface area contributed by atoms with E-state index in [4.69, 9.17) is 5.11 Å². The molecule has 0 bridgehead atoms. The summed E-state index contributed by atoms with van der Waals surface area (Å²) >= 11 is 0. The van der Waals surface area contributed by atoms with Crippen LogP contribution in [-0.4, -0.2) is 21.0 Å². The number of hydrogen-bond acceptors (Lipinski definition) is 3. The quantitative estimate of drug-likeness (QED) is 0.906. The van der Waals surface area contributed by atoms with Crippen LogP contribution in [-0.2, 0) is 0 Å². The summed E-state index contributed by atoms with van der Waals surface area (Å²) in [6.07, 6.45) is 7.36. The van der Waals surface area contributed by atoms with Crippen LogP contribution < -0.4 is 0 Å². The van der Waals surface area contributed by atoms with Gasteiger partial charge in [0.25, 0.3) is 0 Å². The van der Waals surface area contributed by atoms with Gasteiger partial charge in [-0.15, -0.1) is 0 Å². The fraction of sp³-hybridized carbons (Fsp3) is 0.688. The smallest absolute Gasteiger partial charge is 0.339 e. The van der Waals surface area contributed by atoms with E-state index in [1.807, 2.05) is 0 Å². The van der Waals surface area contributed by atoms with Crippen molar-refractivity contribution in [1.82, 2.24) is 9.97 Å². The van der Waals surface area contributed by atoms with Crippen LogP contribution in [0.2, 0.25) is 0 Å². The highest BCUT2D eigenvalue weighted by Crippen LogP contribution is 2.36. The first-order chi connectivity index (χ1) is 9.52. The number of aromatic carboxylic acids is 1. The van der Waals surface area contributed by atoms with Crippen molar-refractivity contribution >= 4 is 5.97 Å². The Morgan fingerprint density at radius 3 is 2.15 bits per heavy atom. The van der Waals surface area contributed by atoms with Gasteiger partial charge in [0, 0.05) is 5.92 Å². The zero-order chi connectivity index (χ0) is 14.7. The van der Waals surface area contributed by atoms with Crippen molar-refractivity contribution in [2.75, 3.05) is 0 Å². The summed E-state index contributed by atoms with van der Waals surface area (Å²) in [5.74, 6) is 1.18. The van der Waals surface area contributed by atoms with E-state index in [-0.39, 0.29) is 5.56 Å². The predicted octanol–water partition coefficient (Wildman–Crippen LogP) is 3.87. The molecule has 0 saturated heterocycles.